The molecule has 0 aliphatic rings. The van der Waals surface area contributed by atoms with E-state index in [1.165, 1.54) is 16.7 Å². The van der Waals surface area contributed by atoms with Crippen molar-refractivity contribution in [3.63, 3.8) is 0 Å². The van der Waals surface area contributed by atoms with Gasteiger partial charge >= 0.3 is 11.9 Å². The first-order valence-electron chi connectivity index (χ1n) is 10.7. The van der Waals surface area contributed by atoms with Gasteiger partial charge in [-0.3, -0.25) is 4.79 Å². The summed E-state index contributed by atoms with van der Waals surface area (Å²) < 4.78 is 10.4. The number of aryl methyl sites for hydroxylation is 3. The monoisotopic (exact) mass is 432 g/mol. The summed E-state index contributed by atoms with van der Waals surface area (Å²) in [7, 11) is 0. The fourth-order valence-electron chi connectivity index (χ4n) is 3.70. The SMILES string of the molecule is CCOC(=O)COc1ccc(-c2ccc(-c3cccc(C)c3)c(C)c2)c(CCC(=O)O)c1. The Morgan fingerprint density at radius 3 is 2.34 bits per heavy atom. The van der Waals surface area contributed by atoms with Gasteiger partial charge in [-0.25, -0.2) is 4.79 Å². The van der Waals surface area contributed by atoms with Crippen LogP contribution in [0.25, 0.3) is 22.3 Å². The molecule has 0 aliphatic heterocycles. The molecule has 0 bridgehead atoms. The molecule has 3 aromatic rings. The molecule has 5 heteroatoms. The van der Waals surface area contributed by atoms with Crippen LogP contribution in [0.2, 0.25) is 0 Å². The minimum absolute atomic E-state index is 0.00862. The van der Waals surface area contributed by atoms with Crippen molar-refractivity contribution in [2.24, 2.45) is 0 Å². The molecule has 32 heavy (non-hydrogen) atoms. The van der Waals surface area contributed by atoms with Gasteiger partial charge in [0, 0.05) is 6.42 Å². The Hall–Kier alpha value is -3.60. The third-order valence-electron chi connectivity index (χ3n) is 5.21. The smallest absolute Gasteiger partial charge is 0.344 e. The Kier molecular flexibility index (Phi) is 7.66. The number of hydrogen-bond acceptors (Lipinski definition) is 4. The first-order valence-corrected chi connectivity index (χ1v) is 10.7. The molecule has 1 N–H and O–H groups in total. The number of ether oxygens (including phenoxy) is 2. The van der Waals surface area contributed by atoms with Gasteiger partial charge in [-0.05, 0) is 72.7 Å². The van der Waals surface area contributed by atoms with Crippen LogP contribution in [-0.2, 0) is 20.7 Å². The zero-order valence-electron chi connectivity index (χ0n) is 18.7. The summed E-state index contributed by atoms with van der Waals surface area (Å²) in [5.74, 6) is -0.791. The zero-order chi connectivity index (χ0) is 23.1. The van der Waals surface area contributed by atoms with Crippen molar-refractivity contribution in [2.45, 2.75) is 33.6 Å². The first-order chi connectivity index (χ1) is 15.4. The van der Waals surface area contributed by atoms with Gasteiger partial charge in [0.05, 0.1) is 6.61 Å². The Bertz CT molecular complexity index is 1120. The molecule has 3 rings (SSSR count). The highest BCUT2D eigenvalue weighted by Crippen LogP contribution is 2.33. The fourth-order valence-corrected chi connectivity index (χ4v) is 3.70. The maximum atomic E-state index is 11.6. The molecule has 5 nitrogen and oxygen atoms in total. The van der Waals surface area contributed by atoms with Gasteiger partial charge in [-0.15, -0.1) is 0 Å². The predicted molar refractivity (Wildman–Crippen MR) is 125 cm³/mol. The van der Waals surface area contributed by atoms with E-state index in [0.29, 0.717) is 18.8 Å². The molecule has 0 atom stereocenters. The van der Waals surface area contributed by atoms with Crippen LogP contribution in [0.1, 0.15) is 30.0 Å². The van der Waals surface area contributed by atoms with Crippen LogP contribution < -0.4 is 4.74 Å². The van der Waals surface area contributed by atoms with E-state index in [0.717, 1.165) is 22.3 Å². The van der Waals surface area contributed by atoms with E-state index in [1.807, 2.05) is 6.07 Å². The molecule has 0 unspecified atom stereocenters. The number of benzene rings is 3. The van der Waals surface area contributed by atoms with E-state index in [9.17, 15) is 14.7 Å². The Balaban J connectivity index is 1.91. The van der Waals surface area contributed by atoms with Gasteiger partial charge in [0.15, 0.2) is 6.61 Å². The number of esters is 1. The lowest BCUT2D eigenvalue weighted by Gasteiger charge is -2.15. The van der Waals surface area contributed by atoms with Crippen LogP contribution >= 0.6 is 0 Å². The standard InChI is InChI=1S/C27H28O5/c1-4-31-27(30)17-32-23-10-12-25(22(16-23)9-13-26(28)29)21-8-11-24(19(3)15-21)20-7-5-6-18(2)14-20/h5-8,10-12,14-16H,4,9,13,17H2,1-3H3,(H,28,29). The van der Waals surface area contributed by atoms with E-state index in [-0.39, 0.29) is 13.0 Å². The van der Waals surface area contributed by atoms with Crippen molar-refractivity contribution >= 4 is 11.9 Å². The summed E-state index contributed by atoms with van der Waals surface area (Å²) in [5.41, 5.74) is 7.50. The molecule has 0 aliphatic carbocycles. The van der Waals surface area contributed by atoms with Crippen LogP contribution in [0, 0.1) is 13.8 Å². The van der Waals surface area contributed by atoms with Gasteiger partial charge in [0.25, 0.3) is 0 Å². The fraction of sp³-hybridized carbons (Fsp3) is 0.259. The van der Waals surface area contributed by atoms with Gasteiger partial charge in [0.1, 0.15) is 5.75 Å². The third-order valence-corrected chi connectivity index (χ3v) is 5.21. The molecule has 3 aromatic carbocycles. The van der Waals surface area contributed by atoms with Crippen LogP contribution in [0.3, 0.4) is 0 Å². The first kappa shape index (κ1) is 23.1. The quantitative estimate of drug-likeness (QED) is 0.446. The average molecular weight is 433 g/mol. The summed E-state index contributed by atoms with van der Waals surface area (Å²) in [6.45, 7) is 6.00. The normalized spacial score (nSPS) is 10.6. The van der Waals surface area contributed by atoms with Gasteiger partial charge < -0.3 is 14.6 Å². The van der Waals surface area contributed by atoms with Crippen molar-refractivity contribution in [2.75, 3.05) is 13.2 Å². The summed E-state index contributed by atoms with van der Waals surface area (Å²) in [6.07, 6.45) is 0.370. The second-order valence-electron chi connectivity index (χ2n) is 7.71. The molecule has 0 aromatic heterocycles. The zero-order valence-corrected chi connectivity index (χ0v) is 18.7. The Morgan fingerprint density at radius 2 is 1.66 bits per heavy atom. The predicted octanol–water partition coefficient (Wildman–Crippen LogP) is 5.60. The topological polar surface area (TPSA) is 72.8 Å². The van der Waals surface area contributed by atoms with E-state index in [2.05, 4.69) is 56.3 Å². The van der Waals surface area contributed by atoms with Crippen molar-refractivity contribution in [1.82, 2.24) is 0 Å². The third kappa shape index (κ3) is 5.97. The molecular formula is C27H28O5. The van der Waals surface area contributed by atoms with Crippen molar-refractivity contribution < 1.29 is 24.2 Å². The van der Waals surface area contributed by atoms with E-state index in [1.54, 1.807) is 19.1 Å². The maximum Gasteiger partial charge on any atom is 0.344 e. The highest BCUT2D eigenvalue weighted by Gasteiger charge is 2.12. The van der Waals surface area contributed by atoms with E-state index in [4.69, 9.17) is 9.47 Å². The minimum atomic E-state index is -0.861. The lowest BCUT2D eigenvalue weighted by molar-refractivity contribution is -0.145. The minimum Gasteiger partial charge on any atom is -0.482 e. The van der Waals surface area contributed by atoms with Crippen molar-refractivity contribution in [1.29, 1.82) is 0 Å². The number of carbonyl (C=O) groups is 2. The molecule has 0 radical (unpaired) electrons. The second kappa shape index (κ2) is 10.6. The lowest BCUT2D eigenvalue weighted by atomic mass is 9.92. The van der Waals surface area contributed by atoms with Crippen molar-refractivity contribution in [3.05, 3.63) is 77.4 Å². The number of carboxylic acid groups (broad SMARTS) is 1. The van der Waals surface area contributed by atoms with Crippen LogP contribution in [0.5, 0.6) is 5.75 Å². The van der Waals surface area contributed by atoms with E-state index < -0.39 is 11.9 Å². The van der Waals surface area contributed by atoms with Gasteiger partial charge in [-0.2, -0.15) is 0 Å². The van der Waals surface area contributed by atoms with Gasteiger partial charge in [0.2, 0.25) is 0 Å². The second-order valence-corrected chi connectivity index (χ2v) is 7.71. The van der Waals surface area contributed by atoms with Crippen molar-refractivity contribution in [3.8, 4) is 28.0 Å². The Morgan fingerprint density at radius 1 is 0.906 bits per heavy atom. The number of rotatable bonds is 9. The largest absolute Gasteiger partial charge is 0.482 e. The van der Waals surface area contributed by atoms with Gasteiger partial charge in [-0.1, -0.05) is 54.1 Å². The summed E-state index contributed by atoms with van der Waals surface area (Å²) >= 11 is 0. The molecule has 0 amide bonds. The maximum absolute atomic E-state index is 11.6. The number of hydrogen-bond donors (Lipinski definition) is 1. The highest BCUT2D eigenvalue weighted by atomic mass is 16.6. The molecule has 0 saturated carbocycles. The summed E-state index contributed by atoms with van der Waals surface area (Å²) in [4.78, 5) is 22.8. The number of carbonyl (C=O) groups excluding carboxylic acids is 1. The molecule has 0 fully saturated rings. The molecular weight excluding hydrogens is 404 g/mol. The van der Waals surface area contributed by atoms with Crippen LogP contribution in [0.15, 0.2) is 60.7 Å². The lowest BCUT2D eigenvalue weighted by Crippen LogP contribution is -2.14. The highest BCUT2D eigenvalue weighted by molar-refractivity contribution is 5.76. The number of carboxylic acids is 1. The summed E-state index contributed by atoms with van der Waals surface area (Å²) in [6, 6.07) is 20.2. The molecule has 166 valence electrons. The average Bonchev–Trinajstić information content (AvgIpc) is 2.76. The van der Waals surface area contributed by atoms with Crippen LogP contribution in [0.4, 0.5) is 0 Å². The molecule has 0 heterocycles. The Labute approximate surface area is 188 Å². The molecule has 0 spiro atoms. The summed E-state index contributed by atoms with van der Waals surface area (Å²) in [5, 5.41) is 9.18. The van der Waals surface area contributed by atoms with Crippen LogP contribution in [-0.4, -0.2) is 30.3 Å². The molecule has 0 saturated heterocycles. The number of aliphatic carboxylic acids is 1. The van der Waals surface area contributed by atoms with E-state index >= 15 is 0 Å².